The van der Waals surface area contributed by atoms with Gasteiger partial charge in [-0.15, -0.1) is 0 Å². The van der Waals surface area contributed by atoms with Gasteiger partial charge in [0.05, 0.1) is 5.71 Å². The van der Waals surface area contributed by atoms with Gasteiger partial charge < -0.3 is 9.32 Å². The smallest absolute Gasteiger partial charge is 0.161 e. The summed E-state index contributed by atoms with van der Waals surface area (Å²) in [6.07, 6.45) is 25.8. The van der Waals surface area contributed by atoms with Gasteiger partial charge in [0.2, 0.25) is 0 Å². The molecular formula is C50H57N3O. The van der Waals surface area contributed by atoms with Crippen molar-refractivity contribution < 1.29 is 4.42 Å². The Morgan fingerprint density at radius 2 is 1.72 bits per heavy atom. The van der Waals surface area contributed by atoms with Gasteiger partial charge in [-0.05, 0) is 98.9 Å². The number of unbranched alkanes of at least 4 members (excludes halogenated alkanes) is 2. The topological polar surface area (TPSA) is 52.6 Å². The first-order chi connectivity index (χ1) is 26.4. The average molecular weight is 716 g/mol. The molecule has 0 radical (unpaired) electrons. The number of hydrogen-bond acceptors (Lipinski definition) is 4. The zero-order chi connectivity index (χ0) is 38.9. The van der Waals surface area contributed by atoms with E-state index in [2.05, 4.69) is 136 Å². The maximum Gasteiger partial charge on any atom is 0.161 e. The number of hydrogen-bond donors (Lipinski definition) is 1. The molecule has 5 aromatic rings. The Bertz CT molecular complexity index is 2200. The summed E-state index contributed by atoms with van der Waals surface area (Å²) in [6.45, 7) is 18.3. The third kappa shape index (κ3) is 10.2. The third-order valence-electron chi connectivity index (χ3n) is 9.32. The highest BCUT2D eigenvalue weighted by Crippen LogP contribution is 2.38. The van der Waals surface area contributed by atoms with Crippen LogP contribution in [0, 0.1) is 12.3 Å². The average Bonchev–Trinajstić information content (AvgIpc) is 3.62. The number of fused-ring (bicyclic) bond motifs is 4. The fourth-order valence-electron chi connectivity index (χ4n) is 6.46. The number of furan rings is 1. The van der Waals surface area contributed by atoms with Crippen LogP contribution in [0.1, 0.15) is 76.5 Å². The highest BCUT2D eigenvalue weighted by molar-refractivity contribution is 6.20. The highest BCUT2D eigenvalue weighted by atomic mass is 16.3. The normalized spacial score (nSPS) is 14.5. The van der Waals surface area contributed by atoms with E-state index in [4.69, 9.17) is 9.83 Å². The van der Waals surface area contributed by atoms with E-state index in [1.165, 1.54) is 47.2 Å². The standard InChI is InChI=1S/C21H21N.C20H16N2O.C7H14.C2H6/c1-16-9-7-11-18(15-16)19-13-8-14-21-20(19)12-6-4-5-10-17(2)22(21)3;1-22-19-16(18(21)13-7-3-2-4-8-13)12-11-15-14-9-5-6-10-17(14)23-20(15)19;1-3-5-7-6-4-2;1-2/h4-11,13-15H,2,12H2,1,3H3;3,5-12,21H,1-2,4H2;3,5H,4,6-7H2,1-2H3;1-2H3/b6-4-,10-5-;;5-3-;. The van der Waals surface area contributed by atoms with E-state index in [1.807, 2.05) is 62.4 Å². The lowest BCUT2D eigenvalue weighted by molar-refractivity contribution is 0.669. The minimum absolute atomic E-state index is 0.464. The van der Waals surface area contributed by atoms with E-state index >= 15 is 0 Å². The van der Waals surface area contributed by atoms with Crippen molar-refractivity contribution in [1.29, 1.82) is 5.41 Å². The molecule has 0 atom stereocenters. The van der Waals surface area contributed by atoms with Crippen molar-refractivity contribution in [1.82, 2.24) is 0 Å². The van der Waals surface area contributed by atoms with Gasteiger partial charge in [0.25, 0.3) is 0 Å². The Labute approximate surface area is 323 Å². The second kappa shape index (κ2) is 21.1. The molecule has 0 amide bonds. The monoisotopic (exact) mass is 715 g/mol. The van der Waals surface area contributed by atoms with Crippen LogP contribution in [0.2, 0.25) is 0 Å². The van der Waals surface area contributed by atoms with Crippen molar-refractivity contribution in [3.8, 4) is 11.1 Å². The van der Waals surface area contributed by atoms with E-state index in [0.717, 1.165) is 52.5 Å². The van der Waals surface area contributed by atoms with Crippen molar-refractivity contribution in [3.63, 3.8) is 0 Å². The van der Waals surface area contributed by atoms with Crippen LogP contribution in [0.5, 0.6) is 0 Å². The van der Waals surface area contributed by atoms with Crippen LogP contribution in [0.15, 0.2) is 161 Å². The van der Waals surface area contributed by atoms with Gasteiger partial charge in [0.15, 0.2) is 5.58 Å². The number of likely N-dealkylation sites (N-methyl/N-ethyl adjacent to an activating group) is 1. The molecule has 2 heterocycles. The van der Waals surface area contributed by atoms with Gasteiger partial charge in [-0.25, -0.2) is 0 Å². The van der Waals surface area contributed by atoms with Gasteiger partial charge in [-0.2, -0.15) is 0 Å². The molecule has 0 unspecified atom stereocenters. The van der Waals surface area contributed by atoms with Crippen molar-refractivity contribution >= 4 is 45.7 Å². The van der Waals surface area contributed by atoms with E-state index in [1.54, 1.807) is 0 Å². The second-order valence-electron chi connectivity index (χ2n) is 13.0. The molecule has 0 saturated heterocycles. The number of nitrogens with zero attached hydrogens (tertiary/aromatic N) is 2. The largest absolute Gasteiger partial charge is 0.454 e. The first-order valence-corrected chi connectivity index (χ1v) is 19.3. The highest BCUT2D eigenvalue weighted by Gasteiger charge is 2.18. The summed E-state index contributed by atoms with van der Waals surface area (Å²) >= 11 is 0. The van der Waals surface area contributed by atoms with Gasteiger partial charge >= 0.3 is 0 Å². The van der Waals surface area contributed by atoms with E-state index < -0.39 is 0 Å². The predicted molar refractivity (Wildman–Crippen MR) is 238 cm³/mol. The minimum atomic E-state index is 0.464. The predicted octanol–water partition coefficient (Wildman–Crippen LogP) is 14.6. The maximum absolute atomic E-state index is 8.53. The molecule has 4 aromatic carbocycles. The third-order valence-corrected chi connectivity index (χ3v) is 9.32. The van der Waals surface area contributed by atoms with Crippen molar-refractivity contribution in [2.45, 2.75) is 73.1 Å². The number of allylic oxidation sites excluding steroid dienone is 10. The number of aryl methyl sites for hydroxylation is 1. The lowest BCUT2D eigenvalue weighted by Gasteiger charge is -2.24. The molecule has 0 bridgehead atoms. The first kappa shape index (κ1) is 41.0. The zero-order valence-electron chi connectivity index (χ0n) is 33.2. The summed E-state index contributed by atoms with van der Waals surface area (Å²) < 4.78 is 5.98. The lowest BCUT2D eigenvalue weighted by Crippen LogP contribution is -2.16. The quantitative estimate of drug-likeness (QED) is 0.104. The Balaban J connectivity index is 0.000000198. The van der Waals surface area contributed by atoms with Crippen molar-refractivity contribution in [2.24, 2.45) is 4.99 Å². The summed E-state index contributed by atoms with van der Waals surface area (Å²) in [6, 6.07) is 27.1. The molecule has 4 heteroatoms. The Morgan fingerprint density at radius 3 is 2.44 bits per heavy atom. The lowest BCUT2D eigenvalue weighted by atomic mass is 9.94. The summed E-state index contributed by atoms with van der Waals surface area (Å²) in [4.78, 5) is 6.34. The number of benzene rings is 4. The van der Waals surface area contributed by atoms with Gasteiger partial charge in [-0.1, -0.05) is 149 Å². The van der Waals surface area contributed by atoms with Gasteiger partial charge in [-0.3, -0.25) is 10.4 Å². The number of para-hydroxylation sites is 1. The summed E-state index contributed by atoms with van der Waals surface area (Å²) in [5, 5.41) is 10.6. The van der Waals surface area contributed by atoms with E-state index in [-0.39, 0.29) is 0 Å². The summed E-state index contributed by atoms with van der Waals surface area (Å²) in [5.41, 5.74) is 11.7. The number of aliphatic imine (C=N–C) groups is 1. The molecule has 1 aromatic heterocycles. The molecule has 0 saturated carbocycles. The van der Waals surface area contributed by atoms with Gasteiger partial charge in [0, 0.05) is 34.8 Å². The van der Waals surface area contributed by atoms with Crippen LogP contribution in [0.25, 0.3) is 33.1 Å². The SMILES string of the molecule is C/C=C\CCCC.C=C1/C=C\C=C/Cc2c(-c3cccc(C)c3)cccc2N1C.C=Nc1c(C(=N)C2=CCCC=C2)ccc2c1oc1ccccc12.CC. The first-order valence-electron chi connectivity index (χ1n) is 19.3. The molecular weight excluding hydrogens is 659 g/mol. The Morgan fingerprint density at radius 1 is 0.926 bits per heavy atom. The van der Waals surface area contributed by atoms with Crippen LogP contribution >= 0.6 is 0 Å². The number of anilines is 1. The fraction of sp³-hybridized carbons (Fsp3) is 0.240. The Hall–Kier alpha value is -5.74. The van der Waals surface area contributed by atoms with Crippen molar-refractivity contribution in [2.75, 3.05) is 11.9 Å². The summed E-state index contributed by atoms with van der Waals surface area (Å²) in [7, 11) is 2.08. The number of rotatable bonds is 7. The van der Waals surface area contributed by atoms with Gasteiger partial charge in [0.1, 0.15) is 11.3 Å². The van der Waals surface area contributed by atoms with Crippen LogP contribution in [-0.2, 0) is 6.42 Å². The van der Waals surface area contributed by atoms with Crippen LogP contribution < -0.4 is 4.90 Å². The Kier molecular flexibility index (Phi) is 16.0. The second-order valence-corrected chi connectivity index (χ2v) is 13.0. The molecule has 0 fully saturated rings. The van der Waals surface area contributed by atoms with E-state index in [0.29, 0.717) is 17.0 Å². The molecule has 1 aliphatic heterocycles. The van der Waals surface area contributed by atoms with Crippen LogP contribution in [0.4, 0.5) is 11.4 Å². The zero-order valence-corrected chi connectivity index (χ0v) is 33.2. The molecule has 0 spiro atoms. The van der Waals surface area contributed by atoms with Crippen LogP contribution in [-0.4, -0.2) is 19.5 Å². The minimum Gasteiger partial charge on any atom is -0.454 e. The fourth-order valence-corrected chi connectivity index (χ4v) is 6.46. The molecule has 1 aliphatic carbocycles. The molecule has 7 rings (SSSR count). The molecule has 2 aliphatic rings. The molecule has 1 N–H and O–H groups in total. The van der Waals surface area contributed by atoms with E-state index in [9.17, 15) is 0 Å². The summed E-state index contributed by atoms with van der Waals surface area (Å²) in [5.74, 6) is 0. The number of nitrogens with one attached hydrogen (secondary N) is 1. The molecule has 54 heavy (non-hydrogen) atoms. The molecule has 278 valence electrons. The molecule has 4 nitrogen and oxygen atoms in total. The van der Waals surface area contributed by atoms with Crippen molar-refractivity contribution in [3.05, 3.63) is 168 Å². The maximum atomic E-state index is 8.53. The van der Waals surface area contributed by atoms with Crippen LogP contribution in [0.3, 0.4) is 0 Å².